The Hall–Kier alpha value is -2.19. The highest BCUT2D eigenvalue weighted by Crippen LogP contribution is 2.23. The van der Waals surface area contributed by atoms with Crippen molar-refractivity contribution in [2.75, 3.05) is 13.2 Å². The van der Waals surface area contributed by atoms with Gasteiger partial charge >= 0.3 is 0 Å². The van der Waals surface area contributed by atoms with Gasteiger partial charge in [-0.05, 0) is 70.6 Å². The molecule has 1 heterocycles. The SMILES string of the molecule is CCC/C=C/CC/C=C/CC/C=C/CCCC(O)C(O)C(COC1OC(CO)C(O)C(O)C1O)NC(=O)C(O)C/C=C\C/C=C\CCCCCCCC. The molecule has 9 unspecified atom stereocenters. The highest BCUT2D eigenvalue weighted by Gasteiger charge is 2.44. The summed E-state index contributed by atoms with van der Waals surface area (Å²) in [5.74, 6) is -0.785. The molecule has 0 spiro atoms. The molecule has 11 nitrogen and oxygen atoms in total. The first-order valence-corrected chi connectivity index (χ1v) is 20.2. The third-order valence-corrected chi connectivity index (χ3v) is 9.24. The Morgan fingerprint density at radius 3 is 1.89 bits per heavy atom. The summed E-state index contributed by atoms with van der Waals surface area (Å²) < 4.78 is 11.0. The summed E-state index contributed by atoms with van der Waals surface area (Å²) in [6.07, 6.45) is 25.9. The topological polar surface area (TPSA) is 189 Å². The molecule has 11 heteroatoms. The number of ether oxygens (including phenoxy) is 2. The summed E-state index contributed by atoms with van der Waals surface area (Å²) in [5.41, 5.74) is 0. The standard InChI is InChI=1S/C42H73NO10/c1-3-5-7-9-11-13-15-17-18-20-21-23-25-27-29-34(45)37(47)33(32-52-42-40(50)39(49)38(48)36(31-44)53-42)43-41(51)35(46)30-28-26-24-22-19-16-14-12-10-8-6-4-2/h7,9,15,17,19,21-23,26,28,33-40,42,44-50H,3-6,8,10-14,16,18,20,24-25,27,29-32H2,1-2H3,(H,43,51)/b9-7+,17-15+,22-19-,23-21+,28-26-. The van der Waals surface area contributed by atoms with E-state index in [-0.39, 0.29) is 12.8 Å². The maximum absolute atomic E-state index is 13.0. The van der Waals surface area contributed by atoms with Gasteiger partial charge in [0.1, 0.15) is 36.6 Å². The smallest absolute Gasteiger partial charge is 0.249 e. The van der Waals surface area contributed by atoms with E-state index in [9.17, 15) is 40.5 Å². The molecule has 0 bridgehead atoms. The Bertz CT molecular complexity index is 1040. The van der Waals surface area contributed by atoms with Gasteiger partial charge in [-0.1, -0.05) is 113 Å². The molecule has 306 valence electrons. The lowest BCUT2D eigenvalue weighted by Gasteiger charge is -2.40. The molecule has 0 radical (unpaired) electrons. The van der Waals surface area contributed by atoms with Crippen LogP contribution in [-0.4, -0.2) is 110 Å². The molecule has 1 aliphatic heterocycles. The van der Waals surface area contributed by atoms with E-state index in [1.165, 1.54) is 38.5 Å². The average Bonchev–Trinajstić information content (AvgIpc) is 3.16. The molecule has 1 saturated heterocycles. The van der Waals surface area contributed by atoms with Crippen LogP contribution in [0.15, 0.2) is 60.8 Å². The van der Waals surface area contributed by atoms with Gasteiger partial charge in [0.15, 0.2) is 6.29 Å². The van der Waals surface area contributed by atoms with Crippen molar-refractivity contribution in [2.45, 2.75) is 184 Å². The van der Waals surface area contributed by atoms with Crippen molar-refractivity contribution < 1.29 is 50.0 Å². The summed E-state index contributed by atoms with van der Waals surface area (Å²) >= 11 is 0. The molecule has 1 rings (SSSR count). The van der Waals surface area contributed by atoms with Gasteiger partial charge in [0.05, 0.1) is 25.4 Å². The minimum Gasteiger partial charge on any atom is -0.394 e. The van der Waals surface area contributed by atoms with Crippen molar-refractivity contribution in [1.82, 2.24) is 5.32 Å². The van der Waals surface area contributed by atoms with Crippen molar-refractivity contribution in [3.8, 4) is 0 Å². The second-order valence-corrected chi connectivity index (χ2v) is 14.0. The van der Waals surface area contributed by atoms with Crippen LogP contribution in [0.5, 0.6) is 0 Å². The second kappa shape index (κ2) is 32.1. The van der Waals surface area contributed by atoms with Crippen molar-refractivity contribution in [3.05, 3.63) is 60.8 Å². The first-order valence-electron chi connectivity index (χ1n) is 20.2. The van der Waals surface area contributed by atoms with E-state index in [4.69, 9.17) is 9.47 Å². The largest absolute Gasteiger partial charge is 0.394 e. The molecule has 0 aromatic heterocycles. The monoisotopic (exact) mass is 752 g/mol. The van der Waals surface area contributed by atoms with Crippen LogP contribution in [0, 0.1) is 0 Å². The molecule has 1 aliphatic rings. The van der Waals surface area contributed by atoms with Crippen molar-refractivity contribution in [2.24, 2.45) is 0 Å². The Morgan fingerprint density at radius 1 is 0.679 bits per heavy atom. The summed E-state index contributed by atoms with van der Waals surface area (Å²) in [5, 5.41) is 75.1. The second-order valence-electron chi connectivity index (χ2n) is 14.0. The molecule has 0 aliphatic carbocycles. The number of aliphatic hydroxyl groups excluding tert-OH is 7. The first kappa shape index (κ1) is 48.8. The Kier molecular flexibility index (Phi) is 29.6. The summed E-state index contributed by atoms with van der Waals surface area (Å²) in [4.78, 5) is 13.0. The van der Waals surface area contributed by atoms with Crippen LogP contribution in [0.4, 0.5) is 0 Å². The number of hydrogen-bond donors (Lipinski definition) is 8. The fourth-order valence-electron chi connectivity index (χ4n) is 5.81. The zero-order valence-corrected chi connectivity index (χ0v) is 32.5. The van der Waals surface area contributed by atoms with Crippen molar-refractivity contribution in [3.63, 3.8) is 0 Å². The van der Waals surface area contributed by atoms with Crippen molar-refractivity contribution in [1.29, 1.82) is 0 Å². The van der Waals surface area contributed by atoms with Gasteiger partial charge in [-0.3, -0.25) is 4.79 Å². The number of allylic oxidation sites excluding steroid dienone is 9. The number of carbonyl (C=O) groups is 1. The van der Waals surface area contributed by atoms with Gasteiger partial charge in [0.25, 0.3) is 0 Å². The van der Waals surface area contributed by atoms with E-state index in [1.54, 1.807) is 6.08 Å². The van der Waals surface area contributed by atoms with Crippen LogP contribution in [0.25, 0.3) is 0 Å². The summed E-state index contributed by atoms with van der Waals surface area (Å²) in [7, 11) is 0. The zero-order chi connectivity index (χ0) is 39.1. The fraction of sp³-hybridized carbons (Fsp3) is 0.738. The number of aliphatic hydroxyl groups is 7. The van der Waals surface area contributed by atoms with Crippen LogP contribution in [0.2, 0.25) is 0 Å². The lowest BCUT2D eigenvalue weighted by atomic mass is 9.99. The molecule has 1 amide bonds. The molecule has 1 fully saturated rings. The third kappa shape index (κ3) is 22.7. The molecule has 0 aromatic carbocycles. The average molecular weight is 752 g/mol. The van der Waals surface area contributed by atoms with Gasteiger partial charge in [0, 0.05) is 6.42 Å². The van der Waals surface area contributed by atoms with Crippen LogP contribution in [0.3, 0.4) is 0 Å². The van der Waals surface area contributed by atoms with Gasteiger partial charge in [-0.15, -0.1) is 0 Å². The Labute approximate surface area is 319 Å². The number of carbonyl (C=O) groups excluding carboxylic acids is 1. The minimum atomic E-state index is -1.68. The van der Waals surface area contributed by atoms with Crippen molar-refractivity contribution >= 4 is 5.91 Å². The van der Waals surface area contributed by atoms with E-state index in [2.05, 4.69) is 61.7 Å². The van der Waals surface area contributed by atoms with Gasteiger partial charge in [0.2, 0.25) is 5.91 Å². The van der Waals surface area contributed by atoms with E-state index in [1.807, 2.05) is 12.2 Å². The highest BCUT2D eigenvalue weighted by molar-refractivity contribution is 5.81. The molecule has 8 N–H and O–H groups in total. The van der Waals surface area contributed by atoms with Gasteiger partial charge in [-0.25, -0.2) is 0 Å². The molecular weight excluding hydrogens is 678 g/mol. The summed E-state index contributed by atoms with van der Waals surface area (Å²) in [6.45, 7) is 3.25. The van der Waals surface area contributed by atoms with E-state index in [0.717, 1.165) is 44.9 Å². The van der Waals surface area contributed by atoms with E-state index < -0.39 is 74.2 Å². The van der Waals surface area contributed by atoms with Crippen LogP contribution < -0.4 is 5.32 Å². The van der Waals surface area contributed by atoms with E-state index >= 15 is 0 Å². The fourth-order valence-corrected chi connectivity index (χ4v) is 5.81. The lowest BCUT2D eigenvalue weighted by molar-refractivity contribution is -0.303. The first-order chi connectivity index (χ1) is 25.7. The maximum Gasteiger partial charge on any atom is 0.249 e. The molecule has 9 atom stereocenters. The maximum atomic E-state index is 13.0. The summed E-state index contributed by atoms with van der Waals surface area (Å²) in [6, 6.07) is -1.22. The normalized spacial score (nSPS) is 23.5. The van der Waals surface area contributed by atoms with Crippen LogP contribution in [-0.2, 0) is 14.3 Å². The molecule has 0 saturated carbocycles. The minimum absolute atomic E-state index is 0.0363. The number of hydrogen-bond acceptors (Lipinski definition) is 10. The predicted octanol–water partition coefficient (Wildman–Crippen LogP) is 5.21. The van der Waals surface area contributed by atoms with Gasteiger partial charge < -0.3 is 50.5 Å². The predicted molar refractivity (Wildman–Crippen MR) is 210 cm³/mol. The molecule has 0 aromatic rings. The van der Waals surface area contributed by atoms with Crippen LogP contribution in [0.1, 0.15) is 129 Å². The van der Waals surface area contributed by atoms with E-state index in [0.29, 0.717) is 19.3 Å². The highest BCUT2D eigenvalue weighted by atomic mass is 16.7. The Morgan fingerprint density at radius 2 is 1.25 bits per heavy atom. The number of nitrogens with one attached hydrogen (secondary N) is 1. The third-order valence-electron chi connectivity index (χ3n) is 9.24. The quantitative estimate of drug-likeness (QED) is 0.0345. The molecule has 53 heavy (non-hydrogen) atoms. The van der Waals surface area contributed by atoms with Crippen LogP contribution >= 0.6 is 0 Å². The number of unbranched alkanes of at least 4 members (excludes halogenated alkanes) is 10. The lowest BCUT2D eigenvalue weighted by Crippen LogP contribution is -2.60. The van der Waals surface area contributed by atoms with Gasteiger partial charge in [-0.2, -0.15) is 0 Å². The number of amides is 1. The Balaban J connectivity index is 2.64. The zero-order valence-electron chi connectivity index (χ0n) is 32.5. The molecular formula is C42H73NO10. The number of rotatable bonds is 31.